The van der Waals surface area contributed by atoms with E-state index in [2.05, 4.69) is 6.08 Å². The highest BCUT2D eigenvalue weighted by Crippen LogP contribution is 3.09. The Morgan fingerprint density at radius 3 is 2.47 bits per heavy atom. The molecule has 0 aromatic carbocycles. The lowest BCUT2D eigenvalue weighted by molar-refractivity contribution is -0.319. The minimum atomic E-state index is -1.97. The molecule has 19 fully saturated rings. The Bertz CT molecular complexity index is 3980. The molecule has 19 nitrogen and oxygen atoms in total. The van der Waals surface area contributed by atoms with E-state index >= 15 is 5.11 Å². The predicted octanol–water partition coefficient (Wildman–Crippen LogP) is 0.540. The van der Waals surface area contributed by atoms with Crippen molar-refractivity contribution in [1.82, 2.24) is 0 Å². The maximum absolute atomic E-state index is 16.2. The van der Waals surface area contributed by atoms with Gasteiger partial charge in [0.1, 0.15) is 90.4 Å². The number of fused-ring (bicyclic) bond motifs is 3. The van der Waals surface area contributed by atoms with Crippen molar-refractivity contribution in [2.75, 3.05) is 0 Å². The molecule has 0 amide bonds. The van der Waals surface area contributed by atoms with Crippen molar-refractivity contribution < 1.29 is 92.8 Å². The van der Waals surface area contributed by atoms with Gasteiger partial charge in [-0.25, -0.2) is 4.79 Å². The Morgan fingerprint density at radius 1 is 0.829 bits per heavy atom. The van der Waals surface area contributed by atoms with Crippen LogP contribution in [0.5, 0.6) is 0 Å². The highest BCUT2D eigenvalue weighted by atomic mass is 16.8. The molecule has 0 bridgehead atoms. The van der Waals surface area contributed by atoms with Crippen LogP contribution in [-0.2, 0) is 57.0 Å². The summed E-state index contributed by atoms with van der Waals surface area (Å²) < 4.78 is 68.3. The summed E-state index contributed by atoms with van der Waals surface area (Å²) >= 11 is 0. The minimum Gasteiger partial charge on any atom is -0.509 e. The molecule has 19 heteroatoms. The van der Waals surface area contributed by atoms with Gasteiger partial charge in [-0.1, -0.05) is 18.2 Å². The highest BCUT2D eigenvalue weighted by molar-refractivity contribution is 5.94. The van der Waals surface area contributed by atoms with Crippen LogP contribution >= 0.6 is 0 Å². The second kappa shape index (κ2) is 8.48. The van der Waals surface area contributed by atoms with Crippen LogP contribution in [0.4, 0.5) is 0 Å². The SMILES string of the molecule is CC1=C2C(C(=O)O)C3=CC(C(=O)O)=CC4CC5C6(O)O[C@]67CC6CC=C8C(OC=O)=CC9C%10=C(O)C=CC%11[C@]%12(O)O[C@@]%12%13CC%12=C%14[C@]%15(O[C@]1%15C(O)=C%12)C1C%12C%15[C@]%16(O)C(C9C8[C@]68O[C@@]%168C7[C@@]%126O[C@]56[C@@]5(O[C@]345)C21)C1(O[C@@]%10%111)[C@]%131O[C@@]%14%151. The summed E-state index contributed by atoms with van der Waals surface area (Å²) in [5.41, 5.74) is -19.0. The van der Waals surface area contributed by atoms with Gasteiger partial charge in [0, 0.05) is 64.9 Å². The van der Waals surface area contributed by atoms with Crippen molar-refractivity contribution in [1.29, 1.82) is 0 Å². The van der Waals surface area contributed by atoms with Gasteiger partial charge >= 0.3 is 11.9 Å². The third kappa shape index (κ3) is 2.18. The van der Waals surface area contributed by atoms with E-state index in [0.29, 0.717) is 58.5 Å². The van der Waals surface area contributed by atoms with Crippen LogP contribution in [0.15, 0.2) is 104 Å². The number of carbonyl (C=O) groups is 3. The van der Waals surface area contributed by atoms with Gasteiger partial charge in [0.25, 0.3) is 6.47 Å². The summed E-state index contributed by atoms with van der Waals surface area (Å²) in [6.07, 6.45) is 13.1. The van der Waals surface area contributed by atoms with Gasteiger partial charge in [0.15, 0.2) is 16.8 Å². The average molecular weight is 1030 g/mol. The molecule has 13 spiro atoms. The topological polar surface area (TPSA) is 302 Å². The third-order valence-corrected chi connectivity index (χ3v) is 29.2. The average Bonchev–Trinajstić information content (AvgIpc) is 1.39. The summed E-state index contributed by atoms with van der Waals surface area (Å²) in [5, 5.41) is 92.5. The molecule has 0 aromatic rings. The van der Waals surface area contributed by atoms with Crippen molar-refractivity contribution in [3.05, 3.63) is 104 Å². The molecule has 26 rings (SSSR count). The van der Waals surface area contributed by atoms with Crippen LogP contribution in [-0.4, -0.2) is 150 Å². The van der Waals surface area contributed by atoms with Gasteiger partial charge in [0.2, 0.25) is 11.6 Å². The first-order chi connectivity index (χ1) is 36.4. The van der Waals surface area contributed by atoms with Gasteiger partial charge in [-0.15, -0.1) is 0 Å². The van der Waals surface area contributed by atoms with Gasteiger partial charge in [-0.2, -0.15) is 0 Å². The van der Waals surface area contributed by atoms with E-state index in [9.17, 15) is 45.0 Å². The highest BCUT2D eigenvalue weighted by Gasteiger charge is 3.26. The second-order valence-electron chi connectivity index (χ2n) is 28.6. The predicted molar refractivity (Wildman–Crippen MR) is 233 cm³/mol. The van der Waals surface area contributed by atoms with Crippen molar-refractivity contribution in [2.24, 2.45) is 82.9 Å². The number of rotatable bonds is 4. The third-order valence-electron chi connectivity index (χ3n) is 29.2. The van der Waals surface area contributed by atoms with E-state index in [0.717, 1.165) is 5.57 Å². The number of hydrogen-bond acceptors (Lipinski definition) is 17. The second-order valence-corrected chi connectivity index (χ2v) is 28.6. The maximum atomic E-state index is 16.2. The molecule has 76 heavy (non-hydrogen) atoms. The summed E-state index contributed by atoms with van der Waals surface area (Å²) in [7, 11) is 0. The van der Waals surface area contributed by atoms with E-state index in [4.69, 9.17) is 42.6 Å². The number of aliphatic hydroxyl groups is 5. The fourth-order valence-corrected chi connectivity index (χ4v) is 29.1. The van der Waals surface area contributed by atoms with E-state index in [1.165, 1.54) is 6.08 Å². The molecule has 18 aliphatic carbocycles. The molecule has 8 saturated heterocycles. The molecule has 8 aliphatic heterocycles. The van der Waals surface area contributed by atoms with Crippen LogP contribution in [0.25, 0.3) is 0 Å². The fourth-order valence-electron chi connectivity index (χ4n) is 29.1. The molecule has 31 atom stereocenters. The molecule has 11 saturated carbocycles. The Kier molecular flexibility index (Phi) is 4.23. The molecular weight excluding hydrogens is 989 g/mol. The van der Waals surface area contributed by atoms with Crippen LogP contribution in [0.3, 0.4) is 0 Å². The van der Waals surface area contributed by atoms with Crippen LogP contribution < -0.4 is 0 Å². The van der Waals surface area contributed by atoms with Gasteiger partial charge < -0.3 is 78.4 Å². The zero-order valence-corrected chi connectivity index (χ0v) is 39.6. The molecule has 0 aromatic heterocycles. The van der Waals surface area contributed by atoms with Crippen LogP contribution in [0.1, 0.15) is 32.6 Å². The fraction of sp³-hybridized carbons (Fsp3) is 0.632. The van der Waals surface area contributed by atoms with Crippen LogP contribution in [0.2, 0.25) is 0 Å². The van der Waals surface area contributed by atoms with E-state index in [1.54, 1.807) is 24.3 Å². The number of carboxylic acids is 2. The number of carbonyl (C=O) groups excluding carboxylic acids is 1. The monoisotopic (exact) mass is 1030 g/mol. The minimum absolute atomic E-state index is 0.0544. The first-order valence-corrected chi connectivity index (χ1v) is 27.5. The quantitative estimate of drug-likeness (QED) is 0.115. The van der Waals surface area contributed by atoms with Gasteiger partial charge in [-0.3, -0.25) is 9.59 Å². The normalized spacial score (nSPS) is 74.3. The van der Waals surface area contributed by atoms with Crippen molar-refractivity contribution in [3.8, 4) is 0 Å². The zero-order valence-electron chi connectivity index (χ0n) is 39.6. The lowest BCUT2D eigenvalue weighted by atomic mass is 9.19. The molecule has 0 radical (unpaired) electrons. The van der Waals surface area contributed by atoms with Crippen LogP contribution in [0, 0.1) is 82.9 Å². The Labute approximate surface area is 425 Å². The lowest BCUT2D eigenvalue weighted by Gasteiger charge is -2.78. The Hall–Kier alpha value is -4.77. The summed E-state index contributed by atoms with van der Waals surface area (Å²) in [4.78, 5) is 40.5. The van der Waals surface area contributed by atoms with Gasteiger partial charge in [0.05, 0.1) is 23.3 Å². The summed E-state index contributed by atoms with van der Waals surface area (Å²) in [5.74, 6) is -17.6. The standard InChI is InChI=1S/C57H40O19/c1-14-27-29(39(63)64)21-7-15(38(61)62)6-18-9-25-51-49(75-51)34-33(32(27)52(51)45(18,21)72-52)48-35-16(8-26(60)44(14,48)71-48)11-42-56(67,70-42)24-5-4-22(59)30-20-10-23(68-13-58)19-3-2-17-12-41(55(25,66)69-41)40(49)54-43(65)36(28(20)31(19)46(17,54)73-54)53(47(24,30)74-53)57(42)50(35,76-57)37(34)43/h3-8,10,13,17-18,20,24-25,28-29,31-34,36-37,40,59-60,65-67H,2,9,11-12H2,1H3,(H,61,62)(H,63,64)/t17?,18?,20?,24?,25?,28?,29?,31?,32?,33?,34?,36?,37?,40?,41-,42-,43+,44-,45-,46+,47+,48+,49-,50-,51+,52+,53?,54-,55?,56-,57-/m0/s1. The molecule has 7 N–H and O–H groups in total. The number of aliphatic carboxylic acids is 2. The lowest BCUT2D eigenvalue weighted by Crippen LogP contribution is -2.95. The molecule has 8 heterocycles. The molecule has 16 unspecified atom stereocenters. The van der Waals surface area contributed by atoms with Crippen molar-refractivity contribution >= 4 is 18.4 Å². The number of ether oxygens (including phenoxy) is 9. The van der Waals surface area contributed by atoms with Crippen molar-refractivity contribution in [2.45, 2.75) is 128 Å². The van der Waals surface area contributed by atoms with E-state index < -0.39 is 184 Å². The smallest absolute Gasteiger partial charge is 0.335 e. The Morgan fingerprint density at radius 2 is 1.66 bits per heavy atom. The van der Waals surface area contributed by atoms with E-state index in [1.807, 2.05) is 13.0 Å². The molecule has 26 aliphatic rings. The maximum Gasteiger partial charge on any atom is 0.335 e. The largest absolute Gasteiger partial charge is 0.509 e. The van der Waals surface area contributed by atoms with E-state index in [-0.39, 0.29) is 35.9 Å². The van der Waals surface area contributed by atoms with Crippen molar-refractivity contribution in [3.63, 3.8) is 0 Å². The van der Waals surface area contributed by atoms with Gasteiger partial charge in [-0.05, 0) is 90.2 Å². The molecule has 382 valence electrons. The number of hydrogen-bond donors (Lipinski definition) is 7. The summed E-state index contributed by atoms with van der Waals surface area (Å²) in [6.45, 7) is 2.23. The molecular formula is C57H40O19. The summed E-state index contributed by atoms with van der Waals surface area (Å²) in [6, 6.07) is 0. The first-order valence-electron chi connectivity index (χ1n) is 27.5. The Balaban J connectivity index is 0.883. The zero-order chi connectivity index (χ0) is 49.9. The number of allylic oxidation sites excluding steroid dienone is 5. The number of aliphatic hydroxyl groups excluding tert-OH is 2. The first kappa shape index (κ1) is 37.9. The number of carboxylic acid groups (broad SMARTS) is 2. The number of epoxide rings is 8.